The molecule has 4 rings (SSSR count). The number of anilines is 3. The van der Waals surface area contributed by atoms with Crippen molar-refractivity contribution in [2.24, 2.45) is 0 Å². The van der Waals surface area contributed by atoms with Gasteiger partial charge in [0.2, 0.25) is 5.91 Å². The fourth-order valence-corrected chi connectivity index (χ4v) is 4.10. The molecule has 1 heterocycles. The summed E-state index contributed by atoms with van der Waals surface area (Å²) in [6.45, 7) is 0.226. The highest BCUT2D eigenvalue weighted by atomic mass is 35.5. The topological polar surface area (TPSA) is 88.5 Å². The molecule has 35 heavy (non-hydrogen) atoms. The van der Waals surface area contributed by atoms with Crippen LogP contribution in [0.1, 0.15) is 16.7 Å². The highest BCUT2D eigenvalue weighted by molar-refractivity contribution is 6.38. The minimum Gasteiger partial charge on any atom is -0.354 e. The number of carbonyl (C=O) groups excluding carboxylic acids is 2. The summed E-state index contributed by atoms with van der Waals surface area (Å²) in [6, 6.07) is 22.1. The van der Waals surface area contributed by atoms with Gasteiger partial charge < -0.3 is 20.4 Å². The third-order valence-electron chi connectivity index (χ3n) is 5.61. The summed E-state index contributed by atoms with van der Waals surface area (Å²) in [7, 11) is 5.28. The predicted octanol–water partition coefficient (Wildman–Crippen LogP) is 4.67. The number of hydrogen-bond acceptors (Lipinski definition) is 5. The van der Waals surface area contributed by atoms with E-state index in [4.69, 9.17) is 11.6 Å². The Hall–Kier alpha value is -4.12. The Kier molecular flexibility index (Phi) is 6.87. The van der Waals surface area contributed by atoms with Crippen molar-refractivity contribution in [1.82, 2.24) is 4.90 Å². The van der Waals surface area contributed by atoms with Gasteiger partial charge in [0.1, 0.15) is 6.07 Å². The predicted molar refractivity (Wildman–Crippen MR) is 140 cm³/mol. The lowest BCUT2D eigenvalue weighted by Gasteiger charge is -2.22. The van der Waals surface area contributed by atoms with Crippen molar-refractivity contribution < 1.29 is 9.59 Å². The Morgan fingerprint density at radius 2 is 1.80 bits per heavy atom. The van der Waals surface area contributed by atoms with Crippen LogP contribution in [0, 0.1) is 11.3 Å². The van der Waals surface area contributed by atoms with E-state index in [1.165, 1.54) is 4.90 Å². The molecule has 0 atom stereocenters. The molecule has 0 bridgehead atoms. The van der Waals surface area contributed by atoms with E-state index < -0.39 is 0 Å². The van der Waals surface area contributed by atoms with E-state index in [-0.39, 0.29) is 18.4 Å². The van der Waals surface area contributed by atoms with Crippen molar-refractivity contribution in [2.75, 3.05) is 43.2 Å². The first-order valence-electron chi connectivity index (χ1n) is 10.9. The van der Waals surface area contributed by atoms with Crippen LogP contribution < -0.4 is 15.5 Å². The second-order valence-electron chi connectivity index (χ2n) is 8.42. The van der Waals surface area contributed by atoms with Gasteiger partial charge in [-0.05, 0) is 50.0 Å². The minimum atomic E-state index is -0.250. The first-order valence-corrected chi connectivity index (χ1v) is 11.3. The van der Waals surface area contributed by atoms with Crippen LogP contribution in [0.2, 0.25) is 5.02 Å². The van der Waals surface area contributed by atoms with Crippen molar-refractivity contribution in [3.63, 3.8) is 0 Å². The van der Waals surface area contributed by atoms with Gasteiger partial charge in [0.05, 0.1) is 34.8 Å². The SMILES string of the molecule is CN(C)CC(=O)N(C)c1ccc(NC(=C2C(=O)Nc3cc(Cl)ccc32)c2ccccc2)cc1C#N. The Morgan fingerprint density at radius 1 is 1.06 bits per heavy atom. The van der Waals surface area contributed by atoms with Gasteiger partial charge in [-0.1, -0.05) is 48.0 Å². The second-order valence-corrected chi connectivity index (χ2v) is 8.86. The minimum absolute atomic E-state index is 0.128. The third kappa shape index (κ3) is 5.04. The molecule has 0 fully saturated rings. The van der Waals surface area contributed by atoms with Gasteiger partial charge in [-0.3, -0.25) is 9.59 Å². The molecule has 2 N–H and O–H groups in total. The summed E-state index contributed by atoms with van der Waals surface area (Å²) in [5, 5.41) is 16.6. The molecule has 8 heteroatoms. The zero-order valence-electron chi connectivity index (χ0n) is 19.6. The van der Waals surface area contributed by atoms with Gasteiger partial charge in [-0.25, -0.2) is 0 Å². The van der Waals surface area contributed by atoms with Crippen LogP contribution in [-0.2, 0) is 9.59 Å². The number of likely N-dealkylation sites (N-methyl/N-ethyl adjacent to an activating group) is 2. The summed E-state index contributed by atoms with van der Waals surface area (Å²) >= 11 is 6.12. The molecule has 3 aromatic carbocycles. The van der Waals surface area contributed by atoms with E-state index in [1.54, 1.807) is 42.3 Å². The number of hydrogen-bond donors (Lipinski definition) is 2. The second kappa shape index (κ2) is 10.0. The molecule has 176 valence electrons. The molecule has 1 aliphatic heterocycles. The van der Waals surface area contributed by atoms with Crippen LogP contribution in [0.25, 0.3) is 11.3 Å². The number of rotatable bonds is 6. The molecular weight excluding hydrogens is 462 g/mol. The van der Waals surface area contributed by atoms with Crippen molar-refractivity contribution in [3.8, 4) is 6.07 Å². The van der Waals surface area contributed by atoms with Crippen LogP contribution in [0.5, 0.6) is 0 Å². The van der Waals surface area contributed by atoms with Gasteiger partial charge in [0.15, 0.2) is 0 Å². The van der Waals surface area contributed by atoms with Crippen LogP contribution in [0.15, 0.2) is 66.7 Å². The molecule has 0 saturated heterocycles. The lowest BCUT2D eigenvalue weighted by Crippen LogP contribution is -2.35. The molecule has 0 unspecified atom stereocenters. The van der Waals surface area contributed by atoms with Gasteiger partial charge >= 0.3 is 0 Å². The van der Waals surface area contributed by atoms with Crippen LogP contribution in [-0.4, -0.2) is 44.4 Å². The zero-order valence-corrected chi connectivity index (χ0v) is 20.3. The number of nitrogens with one attached hydrogen (secondary N) is 2. The lowest BCUT2D eigenvalue weighted by atomic mass is 10.00. The molecule has 0 spiro atoms. The van der Waals surface area contributed by atoms with Crippen molar-refractivity contribution in [3.05, 3.63) is 88.4 Å². The fourth-order valence-electron chi connectivity index (χ4n) is 3.93. The monoisotopic (exact) mass is 485 g/mol. The number of nitrogens with zero attached hydrogens (tertiary/aromatic N) is 3. The molecule has 0 aromatic heterocycles. The highest BCUT2D eigenvalue weighted by Gasteiger charge is 2.28. The Labute approximate surface area is 209 Å². The van der Waals surface area contributed by atoms with E-state index >= 15 is 0 Å². The van der Waals surface area contributed by atoms with Crippen molar-refractivity contribution in [2.45, 2.75) is 0 Å². The molecule has 1 aliphatic rings. The Balaban J connectivity index is 1.78. The standard InChI is InChI=1S/C27H24ClN5O2/c1-32(2)16-24(34)33(3)23-12-10-20(13-18(23)15-29)30-26(17-7-5-4-6-8-17)25-21-11-9-19(28)14-22(21)31-27(25)35/h4-14,30H,16H2,1-3H3,(H,31,35). The summed E-state index contributed by atoms with van der Waals surface area (Å²) in [5.74, 6) is -0.378. The molecule has 0 saturated carbocycles. The largest absolute Gasteiger partial charge is 0.354 e. The Morgan fingerprint density at radius 3 is 2.49 bits per heavy atom. The maximum atomic E-state index is 13.0. The van der Waals surface area contributed by atoms with Crippen LogP contribution >= 0.6 is 11.6 Å². The van der Waals surface area contributed by atoms with E-state index in [0.717, 1.165) is 11.1 Å². The number of halogens is 1. The molecule has 7 nitrogen and oxygen atoms in total. The first-order chi connectivity index (χ1) is 16.8. The molecule has 2 amide bonds. The van der Waals surface area contributed by atoms with Crippen LogP contribution in [0.3, 0.4) is 0 Å². The van der Waals surface area contributed by atoms with E-state index in [0.29, 0.717) is 38.9 Å². The lowest BCUT2D eigenvalue weighted by molar-refractivity contribution is -0.119. The average molecular weight is 486 g/mol. The maximum Gasteiger partial charge on any atom is 0.258 e. The van der Waals surface area contributed by atoms with Crippen molar-refractivity contribution in [1.29, 1.82) is 5.26 Å². The fraction of sp³-hybridized carbons (Fsp3) is 0.148. The van der Waals surface area contributed by atoms with Gasteiger partial charge in [-0.15, -0.1) is 0 Å². The maximum absolute atomic E-state index is 13.0. The van der Waals surface area contributed by atoms with Gasteiger partial charge in [0, 0.05) is 23.3 Å². The number of benzene rings is 3. The van der Waals surface area contributed by atoms with Crippen molar-refractivity contribution >= 4 is 51.7 Å². The summed E-state index contributed by atoms with van der Waals surface area (Å²) in [4.78, 5) is 28.8. The highest BCUT2D eigenvalue weighted by Crippen LogP contribution is 2.39. The zero-order chi connectivity index (χ0) is 25.1. The summed E-state index contributed by atoms with van der Waals surface area (Å²) < 4.78 is 0. The Bertz CT molecular complexity index is 1380. The smallest absolute Gasteiger partial charge is 0.258 e. The normalized spacial score (nSPS) is 13.7. The van der Waals surface area contributed by atoms with E-state index in [1.807, 2.05) is 50.5 Å². The number of carbonyl (C=O) groups is 2. The number of amides is 2. The molecule has 0 radical (unpaired) electrons. The van der Waals surface area contributed by atoms with E-state index in [2.05, 4.69) is 16.7 Å². The molecule has 3 aromatic rings. The average Bonchev–Trinajstić information content (AvgIpc) is 3.16. The number of nitriles is 1. The quantitative estimate of drug-likeness (QED) is 0.495. The van der Waals surface area contributed by atoms with Crippen LogP contribution in [0.4, 0.5) is 17.1 Å². The third-order valence-corrected chi connectivity index (χ3v) is 5.85. The summed E-state index contributed by atoms with van der Waals surface area (Å²) in [5.41, 5.74) is 4.71. The van der Waals surface area contributed by atoms with Gasteiger partial charge in [-0.2, -0.15) is 5.26 Å². The molecule has 0 aliphatic carbocycles. The summed E-state index contributed by atoms with van der Waals surface area (Å²) in [6.07, 6.45) is 0. The molecular formula is C27H24ClN5O2. The van der Waals surface area contributed by atoms with E-state index in [9.17, 15) is 14.9 Å². The number of fused-ring (bicyclic) bond motifs is 1. The van der Waals surface area contributed by atoms with Gasteiger partial charge in [0.25, 0.3) is 5.91 Å². The first kappa shape index (κ1) is 24.0.